The number of nitrogens with one attached hydrogen (secondary N) is 2. The van der Waals surface area contributed by atoms with Crippen LogP contribution >= 0.6 is 11.6 Å². The van der Waals surface area contributed by atoms with E-state index in [0.29, 0.717) is 27.8 Å². The Hall–Kier alpha value is -2.73. The summed E-state index contributed by atoms with van der Waals surface area (Å²) >= 11 is 5.86. The van der Waals surface area contributed by atoms with Crippen molar-refractivity contribution in [3.63, 3.8) is 0 Å². The van der Waals surface area contributed by atoms with Gasteiger partial charge in [0, 0.05) is 22.3 Å². The molecule has 2 aromatic rings. The van der Waals surface area contributed by atoms with Gasteiger partial charge in [-0.15, -0.1) is 0 Å². The summed E-state index contributed by atoms with van der Waals surface area (Å²) in [5, 5.41) is 6.21. The molecule has 0 spiro atoms. The lowest BCUT2D eigenvalue weighted by Crippen LogP contribution is -2.47. The van der Waals surface area contributed by atoms with E-state index in [0.717, 1.165) is 5.56 Å². The maximum absolute atomic E-state index is 12.9. The zero-order valence-electron chi connectivity index (χ0n) is 16.6. The number of methoxy groups -OCH3 is 2. The lowest BCUT2D eigenvalue weighted by atomic mass is 10.0. The second-order valence-electron chi connectivity index (χ2n) is 6.71. The summed E-state index contributed by atoms with van der Waals surface area (Å²) in [5.74, 6) is 0.322. The average Bonchev–Trinajstić information content (AvgIpc) is 2.67. The monoisotopic (exact) mass is 404 g/mol. The molecule has 1 unspecified atom stereocenters. The van der Waals surface area contributed by atoms with Crippen molar-refractivity contribution in [3.8, 4) is 11.5 Å². The molecule has 6 nitrogen and oxygen atoms in total. The molecule has 2 aromatic carbocycles. The topological polar surface area (TPSA) is 76.7 Å². The molecule has 150 valence electrons. The molecule has 0 aliphatic rings. The molecule has 1 atom stereocenters. The van der Waals surface area contributed by atoms with Crippen molar-refractivity contribution in [2.24, 2.45) is 5.92 Å². The zero-order chi connectivity index (χ0) is 20.8. The van der Waals surface area contributed by atoms with Gasteiger partial charge in [0.2, 0.25) is 5.91 Å². The summed E-state index contributed by atoms with van der Waals surface area (Å²) in [6, 6.07) is 9.27. The summed E-state index contributed by atoms with van der Waals surface area (Å²) in [5.41, 5.74) is 1.84. The highest BCUT2D eigenvalue weighted by Gasteiger charge is 2.25. The van der Waals surface area contributed by atoms with Crippen LogP contribution in [0.5, 0.6) is 11.5 Å². The molecule has 0 saturated heterocycles. The van der Waals surface area contributed by atoms with Crippen molar-refractivity contribution in [1.29, 1.82) is 0 Å². The van der Waals surface area contributed by atoms with Gasteiger partial charge in [0.25, 0.3) is 5.91 Å². The summed E-state index contributed by atoms with van der Waals surface area (Å²) < 4.78 is 10.6. The van der Waals surface area contributed by atoms with E-state index in [1.807, 2.05) is 20.8 Å². The zero-order valence-corrected chi connectivity index (χ0v) is 17.4. The van der Waals surface area contributed by atoms with Gasteiger partial charge in [0.05, 0.1) is 14.2 Å². The van der Waals surface area contributed by atoms with Gasteiger partial charge < -0.3 is 20.1 Å². The standard InChI is InChI=1S/C21H25ClN2O4/c1-12(2)19(24-20(25)14-6-8-15(22)9-7-14)21(26)23-16-11-18(28-5)17(27-4)10-13(16)3/h6-12,19H,1-5H3,(H,23,26)(H,24,25). The van der Waals surface area contributed by atoms with Crippen LogP contribution < -0.4 is 20.1 Å². The maximum Gasteiger partial charge on any atom is 0.251 e. The van der Waals surface area contributed by atoms with Crippen LogP contribution in [0.25, 0.3) is 0 Å². The van der Waals surface area contributed by atoms with Crippen molar-refractivity contribution in [3.05, 3.63) is 52.5 Å². The van der Waals surface area contributed by atoms with Gasteiger partial charge in [-0.05, 0) is 48.7 Å². The van der Waals surface area contributed by atoms with Gasteiger partial charge in [-0.3, -0.25) is 9.59 Å². The Morgan fingerprint density at radius 2 is 1.57 bits per heavy atom. The van der Waals surface area contributed by atoms with Crippen LogP contribution in [-0.4, -0.2) is 32.1 Å². The summed E-state index contributed by atoms with van der Waals surface area (Å²) in [6.07, 6.45) is 0. The lowest BCUT2D eigenvalue weighted by molar-refractivity contribution is -0.118. The van der Waals surface area contributed by atoms with Gasteiger partial charge in [-0.25, -0.2) is 0 Å². The van der Waals surface area contributed by atoms with Crippen LogP contribution in [0.2, 0.25) is 5.02 Å². The molecule has 0 fully saturated rings. The lowest BCUT2D eigenvalue weighted by Gasteiger charge is -2.23. The number of benzene rings is 2. The third-order valence-electron chi connectivity index (χ3n) is 4.33. The van der Waals surface area contributed by atoms with E-state index < -0.39 is 6.04 Å². The van der Waals surface area contributed by atoms with Crippen LogP contribution in [0.4, 0.5) is 5.69 Å². The molecule has 28 heavy (non-hydrogen) atoms. The molecule has 0 aliphatic carbocycles. The normalized spacial score (nSPS) is 11.7. The van der Waals surface area contributed by atoms with Gasteiger partial charge in [0.1, 0.15) is 6.04 Å². The Morgan fingerprint density at radius 3 is 2.11 bits per heavy atom. The number of ether oxygens (including phenoxy) is 2. The third-order valence-corrected chi connectivity index (χ3v) is 4.58. The van der Waals surface area contributed by atoms with Crippen LogP contribution in [0.1, 0.15) is 29.8 Å². The Morgan fingerprint density at radius 1 is 1.00 bits per heavy atom. The fourth-order valence-electron chi connectivity index (χ4n) is 2.69. The molecular weight excluding hydrogens is 380 g/mol. The van der Waals surface area contributed by atoms with Crippen LogP contribution in [0.3, 0.4) is 0 Å². The molecule has 0 radical (unpaired) electrons. The second-order valence-corrected chi connectivity index (χ2v) is 7.15. The van der Waals surface area contributed by atoms with E-state index >= 15 is 0 Å². The largest absolute Gasteiger partial charge is 0.493 e. The predicted octanol–water partition coefficient (Wildman–Crippen LogP) is 4.06. The van der Waals surface area contributed by atoms with Gasteiger partial charge in [-0.2, -0.15) is 0 Å². The number of carbonyl (C=O) groups is 2. The Kier molecular flexibility index (Phi) is 7.29. The number of carbonyl (C=O) groups excluding carboxylic acids is 2. The highest BCUT2D eigenvalue weighted by molar-refractivity contribution is 6.30. The summed E-state index contributed by atoms with van der Waals surface area (Å²) in [7, 11) is 3.08. The van der Waals surface area contributed by atoms with E-state index in [1.165, 1.54) is 7.11 Å². The SMILES string of the molecule is COc1cc(C)c(NC(=O)C(NC(=O)c2ccc(Cl)cc2)C(C)C)cc1OC. The van der Waals surface area contributed by atoms with Gasteiger partial charge in [0.15, 0.2) is 11.5 Å². The Bertz CT molecular complexity index is 850. The molecule has 0 aliphatic heterocycles. The van der Waals surface area contributed by atoms with E-state index in [-0.39, 0.29) is 17.7 Å². The number of anilines is 1. The molecule has 2 N–H and O–H groups in total. The fourth-order valence-corrected chi connectivity index (χ4v) is 2.81. The molecule has 0 aromatic heterocycles. The number of amides is 2. The van der Waals surface area contributed by atoms with E-state index in [1.54, 1.807) is 43.5 Å². The third kappa shape index (κ3) is 5.16. The molecule has 2 amide bonds. The van der Waals surface area contributed by atoms with E-state index in [4.69, 9.17) is 21.1 Å². The van der Waals surface area contributed by atoms with Crippen molar-refractivity contribution in [2.75, 3.05) is 19.5 Å². The fraction of sp³-hybridized carbons (Fsp3) is 0.333. The van der Waals surface area contributed by atoms with Crippen LogP contribution in [0, 0.1) is 12.8 Å². The number of aryl methyl sites for hydroxylation is 1. The molecule has 7 heteroatoms. The van der Waals surface area contributed by atoms with E-state index in [9.17, 15) is 9.59 Å². The maximum atomic E-state index is 12.9. The first kappa shape index (κ1) is 21.6. The average molecular weight is 405 g/mol. The second kappa shape index (κ2) is 9.46. The summed E-state index contributed by atoms with van der Waals surface area (Å²) in [6.45, 7) is 5.59. The van der Waals surface area contributed by atoms with E-state index in [2.05, 4.69) is 10.6 Å². The Balaban J connectivity index is 2.19. The number of hydrogen-bond donors (Lipinski definition) is 2. The van der Waals surface area contributed by atoms with Gasteiger partial charge >= 0.3 is 0 Å². The number of rotatable bonds is 7. The molecule has 0 heterocycles. The minimum atomic E-state index is -0.712. The van der Waals surface area contributed by atoms with Crippen molar-refractivity contribution >= 4 is 29.1 Å². The first-order valence-corrected chi connectivity index (χ1v) is 9.24. The number of halogens is 1. The number of hydrogen-bond acceptors (Lipinski definition) is 4. The van der Waals surface area contributed by atoms with Crippen LogP contribution in [0.15, 0.2) is 36.4 Å². The smallest absolute Gasteiger partial charge is 0.251 e. The Labute approximate surface area is 170 Å². The first-order valence-electron chi connectivity index (χ1n) is 8.86. The van der Waals surface area contributed by atoms with Crippen LogP contribution in [-0.2, 0) is 4.79 Å². The highest BCUT2D eigenvalue weighted by atomic mass is 35.5. The molecule has 0 saturated carbocycles. The van der Waals surface area contributed by atoms with Crippen molar-refractivity contribution in [1.82, 2.24) is 5.32 Å². The van der Waals surface area contributed by atoms with Gasteiger partial charge in [-0.1, -0.05) is 25.4 Å². The first-order chi connectivity index (χ1) is 13.3. The summed E-state index contributed by atoms with van der Waals surface area (Å²) in [4.78, 5) is 25.4. The molecule has 0 bridgehead atoms. The predicted molar refractivity (Wildman–Crippen MR) is 110 cm³/mol. The minimum Gasteiger partial charge on any atom is -0.493 e. The molecule has 2 rings (SSSR count). The highest BCUT2D eigenvalue weighted by Crippen LogP contribution is 2.33. The quantitative estimate of drug-likeness (QED) is 0.729. The van der Waals surface area contributed by atoms with Crippen molar-refractivity contribution in [2.45, 2.75) is 26.8 Å². The van der Waals surface area contributed by atoms with Crippen molar-refractivity contribution < 1.29 is 19.1 Å². The minimum absolute atomic E-state index is 0.114. The molecular formula is C21H25ClN2O4.